The zero-order valence-corrected chi connectivity index (χ0v) is 12.4. The molecule has 2 aliphatic rings. The largest absolute Gasteiger partial charge is 0.373 e. The average Bonchev–Trinajstić information content (AvgIpc) is 3.03. The van der Waals surface area contributed by atoms with Gasteiger partial charge in [0.15, 0.2) is 0 Å². The van der Waals surface area contributed by atoms with E-state index in [9.17, 15) is 0 Å². The lowest BCUT2D eigenvalue weighted by molar-refractivity contribution is 0.0756. The molecule has 2 fully saturated rings. The molecule has 0 spiro atoms. The normalized spacial score (nSPS) is 27.6. The van der Waals surface area contributed by atoms with Crippen LogP contribution in [0.2, 0.25) is 0 Å². The van der Waals surface area contributed by atoms with Gasteiger partial charge < -0.3 is 9.30 Å². The molecule has 1 aromatic heterocycles. The highest BCUT2D eigenvalue weighted by Crippen LogP contribution is 2.24. The molecule has 3 heterocycles. The van der Waals surface area contributed by atoms with Gasteiger partial charge in [-0.2, -0.15) is 0 Å². The average molecular weight is 275 g/mol. The molecular weight excluding hydrogens is 250 g/mol. The van der Waals surface area contributed by atoms with E-state index in [1.54, 1.807) is 0 Å². The SMILES string of the molecule is C=CCO[C@@H]1C[C@H]2CN(Cc3cccn3C)CCN2C1. The first kappa shape index (κ1) is 13.9. The number of piperazine rings is 1. The summed E-state index contributed by atoms with van der Waals surface area (Å²) in [5, 5.41) is 0. The van der Waals surface area contributed by atoms with E-state index < -0.39 is 0 Å². The van der Waals surface area contributed by atoms with E-state index in [2.05, 4.69) is 46.3 Å². The summed E-state index contributed by atoms with van der Waals surface area (Å²) in [5.74, 6) is 0. The summed E-state index contributed by atoms with van der Waals surface area (Å²) in [6.07, 6.45) is 5.53. The molecule has 2 aliphatic heterocycles. The van der Waals surface area contributed by atoms with Gasteiger partial charge in [0.05, 0.1) is 12.7 Å². The van der Waals surface area contributed by atoms with Crippen LogP contribution in [0.5, 0.6) is 0 Å². The van der Waals surface area contributed by atoms with E-state index in [-0.39, 0.29) is 0 Å². The van der Waals surface area contributed by atoms with Crippen LogP contribution < -0.4 is 0 Å². The van der Waals surface area contributed by atoms with Crippen LogP contribution in [-0.4, -0.2) is 59.3 Å². The number of aromatic nitrogens is 1. The van der Waals surface area contributed by atoms with E-state index in [0.717, 1.165) is 26.1 Å². The molecule has 4 heteroatoms. The van der Waals surface area contributed by atoms with E-state index in [1.807, 2.05) is 6.08 Å². The van der Waals surface area contributed by atoms with E-state index in [4.69, 9.17) is 4.74 Å². The standard InChI is InChI=1S/C16H25N3O/c1-3-9-20-16-10-15-12-18(7-8-19(15)13-16)11-14-5-4-6-17(14)2/h3-6,15-16H,1,7-13H2,2H3/t15-,16+/m0/s1. The lowest BCUT2D eigenvalue weighted by Gasteiger charge is -2.37. The van der Waals surface area contributed by atoms with Crippen molar-refractivity contribution in [1.29, 1.82) is 0 Å². The van der Waals surface area contributed by atoms with Crippen LogP contribution in [0.15, 0.2) is 31.0 Å². The Morgan fingerprint density at radius 1 is 1.40 bits per heavy atom. The number of hydrogen-bond donors (Lipinski definition) is 0. The van der Waals surface area contributed by atoms with Crippen LogP contribution in [0.1, 0.15) is 12.1 Å². The first-order chi connectivity index (χ1) is 9.76. The van der Waals surface area contributed by atoms with E-state index in [0.29, 0.717) is 18.8 Å². The highest BCUT2D eigenvalue weighted by Gasteiger charge is 2.36. The lowest BCUT2D eigenvalue weighted by Crippen LogP contribution is -2.49. The number of rotatable bonds is 5. The van der Waals surface area contributed by atoms with Gasteiger partial charge in [-0.15, -0.1) is 6.58 Å². The van der Waals surface area contributed by atoms with Crippen molar-refractivity contribution >= 4 is 0 Å². The molecule has 0 N–H and O–H groups in total. The van der Waals surface area contributed by atoms with Crippen LogP contribution in [0.4, 0.5) is 0 Å². The van der Waals surface area contributed by atoms with Crippen LogP contribution in [0, 0.1) is 0 Å². The number of hydrogen-bond acceptors (Lipinski definition) is 3. The summed E-state index contributed by atoms with van der Waals surface area (Å²) in [5.41, 5.74) is 1.40. The highest BCUT2D eigenvalue weighted by atomic mass is 16.5. The van der Waals surface area contributed by atoms with Gasteiger partial charge in [0.2, 0.25) is 0 Å². The van der Waals surface area contributed by atoms with Gasteiger partial charge in [-0.1, -0.05) is 6.08 Å². The quantitative estimate of drug-likeness (QED) is 0.760. The fourth-order valence-electron chi connectivity index (χ4n) is 3.42. The zero-order chi connectivity index (χ0) is 13.9. The third-order valence-corrected chi connectivity index (χ3v) is 4.55. The molecule has 2 saturated heterocycles. The molecule has 0 aliphatic carbocycles. The summed E-state index contributed by atoms with van der Waals surface area (Å²) < 4.78 is 8.04. The number of aryl methyl sites for hydroxylation is 1. The van der Waals surface area contributed by atoms with Crippen LogP contribution in [-0.2, 0) is 18.3 Å². The smallest absolute Gasteiger partial charge is 0.0721 e. The Balaban J connectivity index is 1.53. The van der Waals surface area contributed by atoms with Gasteiger partial charge in [0.25, 0.3) is 0 Å². The van der Waals surface area contributed by atoms with Gasteiger partial charge in [-0.05, 0) is 18.6 Å². The Morgan fingerprint density at radius 2 is 2.30 bits per heavy atom. The second-order valence-electron chi connectivity index (χ2n) is 5.97. The molecule has 0 bridgehead atoms. The van der Waals surface area contributed by atoms with Crippen LogP contribution >= 0.6 is 0 Å². The second-order valence-corrected chi connectivity index (χ2v) is 5.97. The predicted molar refractivity (Wildman–Crippen MR) is 80.6 cm³/mol. The minimum absolute atomic E-state index is 0.396. The van der Waals surface area contributed by atoms with Crippen LogP contribution in [0.25, 0.3) is 0 Å². The Labute approximate surface area is 121 Å². The van der Waals surface area contributed by atoms with Crippen molar-refractivity contribution in [3.63, 3.8) is 0 Å². The summed E-state index contributed by atoms with van der Waals surface area (Å²) in [4.78, 5) is 5.17. The summed E-state index contributed by atoms with van der Waals surface area (Å²) >= 11 is 0. The number of ether oxygens (including phenoxy) is 1. The summed E-state index contributed by atoms with van der Waals surface area (Å²) in [7, 11) is 2.13. The van der Waals surface area contributed by atoms with Crippen molar-refractivity contribution < 1.29 is 4.74 Å². The minimum atomic E-state index is 0.396. The Hall–Kier alpha value is -1.10. The molecule has 0 aromatic carbocycles. The van der Waals surface area contributed by atoms with Gasteiger partial charge >= 0.3 is 0 Å². The third kappa shape index (κ3) is 2.97. The van der Waals surface area contributed by atoms with Crippen molar-refractivity contribution in [3.8, 4) is 0 Å². The summed E-state index contributed by atoms with van der Waals surface area (Å²) in [6.45, 7) is 10.1. The first-order valence-corrected chi connectivity index (χ1v) is 7.55. The zero-order valence-electron chi connectivity index (χ0n) is 12.4. The molecule has 20 heavy (non-hydrogen) atoms. The number of fused-ring (bicyclic) bond motifs is 1. The van der Waals surface area contributed by atoms with Crippen molar-refractivity contribution in [2.75, 3.05) is 32.8 Å². The monoisotopic (exact) mass is 275 g/mol. The Morgan fingerprint density at radius 3 is 3.05 bits per heavy atom. The molecule has 0 unspecified atom stereocenters. The van der Waals surface area contributed by atoms with Crippen molar-refractivity contribution in [2.24, 2.45) is 7.05 Å². The second kappa shape index (κ2) is 6.12. The third-order valence-electron chi connectivity index (χ3n) is 4.55. The fraction of sp³-hybridized carbons (Fsp3) is 0.625. The predicted octanol–water partition coefficient (Wildman–Crippen LogP) is 1.49. The van der Waals surface area contributed by atoms with E-state index >= 15 is 0 Å². The molecule has 0 amide bonds. The van der Waals surface area contributed by atoms with Crippen molar-refractivity contribution in [1.82, 2.24) is 14.4 Å². The molecular formula is C16H25N3O. The van der Waals surface area contributed by atoms with Gasteiger partial charge in [0, 0.05) is 57.7 Å². The fourth-order valence-corrected chi connectivity index (χ4v) is 3.42. The molecule has 4 nitrogen and oxygen atoms in total. The molecule has 1 aromatic rings. The minimum Gasteiger partial charge on any atom is -0.373 e. The highest BCUT2D eigenvalue weighted by molar-refractivity contribution is 5.07. The lowest BCUT2D eigenvalue weighted by atomic mass is 10.1. The molecule has 0 saturated carbocycles. The maximum absolute atomic E-state index is 5.82. The Bertz CT molecular complexity index is 456. The maximum atomic E-state index is 5.82. The van der Waals surface area contributed by atoms with Crippen molar-refractivity contribution in [3.05, 3.63) is 36.7 Å². The molecule has 3 rings (SSSR count). The maximum Gasteiger partial charge on any atom is 0.0721 e. The first-order valence-electron chi connectivity index (χ1n) is 7.55. The van der Waals surface area contributed by atoms with Crippen molar-refractivity contribution in [2.45, 2.75) is 25.1 Å². The van der Waals surface area contributed by atoms with Crippen LogP contribution in [0.3, 0.4) is 0 Å². The van der Waals surface area contributed by atoms with Gasteiger partial charge in [-0.3, -0.25) is 9.80 Å². The topological polar surface area (TPSA) is 20.6 Å². The molecule has 2 atom stereocenters. The molecule has 110 valence electrons. The van der Waals surface area contributed by atoms with E-state index in [1.165, 1.54) is 18.8 Å². The molecule has 0 radical (unpaired) electrons. The van der Waals surface area contributed by atoms with Gasteiger partial charge in [-0.25, -0.2) is 0 Å². The summed E-state index contributed by atoms with van der Waals surface area (Å²) in [6, 6.07) is 5.01. The van der Waals surface area contributed by atoms with Gasteiger partial charge in [0.1, 0.15) is 0 Å². The Kier molecular flexibility index (Phi) is 4.24. The number of nitrogens with zero attached hydrogens (tertiary/aromatic N) is 3.